The highest BCUT2D eigenvalue weighted by Gasteiger charge is 2.30. The molecule has 0 N–H and O–H groups in total. The molecule has 0 spiro atoms. The molecular weight excluding hydrogens is 247 g/mol. The van der Waals surface area contributed by atoms with Gasteiger partial charge in [0.25, 0.3) is 5.91 Å². The van der Waals surface area contributed by atoms with Crippen LogP contribution in [0.25, 0.3) is 0 Å². The Morgan fingerprint density at radius 1 is 1.53 bits per heavy atom. The highest BCUT2D eigenvalue weighted by atomic mass is 19.1. The SMILES string of the molecule is CN(C)C/C=C(/F)C(=O)N1CCN(C)C[C@@H]1CC#N. The predicted octanol–water partition coefficient (Wildman–Crippen LogP) is 0.458. The van der Waals surface area contributed by atoms with Crippen LogP contribution in [0.4, 0.5) is 4.39 Å². The van der Waals surface area contributed by atoms with E-state index in [0.29, 0.717) is 26.2 Å². The summed E-state index contributed by atoms with van der Waals surface area (Å²) in [5, 5.41) is 8.80. The Labute approximate surface area is 113 Å². The largest absolute Gasteiger partial charge is 0.330 e. The lowest BCUT2D eigenvalue weighted by Gasteiger charge is -2.38. The Balaban J connectivity index is 2.73. The van der Waals surface area contributed by atoms with Crippen LogP contribution in [-0.4, -0.2) is 74.0 Å². The van der Waals surface area contributed by atoms with Crippen molar-refractivity contribution in [3.8, 4) is 6.07 Å². The first kappa shape index (κ1) is 15.6. The summed E-state index contributed by atoms with van der Waals surface area (Å²) in [6, 6.07) is 1.83. The van der Waals surface area contributed by atoms with Gasteiger partial charge in [-0.15, -0.1) is 0 Å². The topological polar surface area (TPSA) is 50.6 Å². The fraction of sp³-hybridized carbons (Fsp3) is 0.692. The van der Waals surface area contributed by atoms with Crippen molar-refractivity contribution in [3.05, 3.63) is 11.9 Å². The number of hydrogen-bond donors (Lipinski definition) is 0. The molecule has 0 aromatic heterocycles. The highest BCUT2D eigenvalue weighted by Crippen LogP contribution is 2.15. The summed E-state index contributed by atoms with van der Waals surface area (Å²) in [6.45, 7) is 2.16. The van der Waals surface area contributed by atoms with E-state index < -0.39 is 11.7 Å². The van der Waals surface area contributed by atoms with Crippen LogP contribution in [0.5, 0.6) is 0 Å². The summed E-state index contributed by atoms with van der Waals surface area (Å²) in [5.41, 5.74) is 0. The van der Waals surface area contributed by atoms with Gasteiger partial charge in [-0.1, -0.05) is 0 Å². The number of nitriles is 1. The summed E-state index contributed by atoms with van der Waals surface area (Å²) < 4.78 is 13.8. The Kier molecular flexibility index (Phi) is 5.93. The molecule has 0 unspecified atom stereocenters. The zero-order chi connectivity index (χ0) is 14.4. The number of piperazine rings is 1. The molecule has 1 rings (SSSR count). The number of carbonyl (C=O) groups is 1. The summed E-state index contributed by atoms with van der Waals surface area (Å²) in [4.78, 5) is 17.3. The van der Waals surface area contributed by atoms with E-state index >= 15 is 0 Å². The third-order valence-electron chi connectivity index (χ3n) is 3.11. The first-order chi connectivity index (χ1) is 8.95. The van der Waals surface area contributed by atoms with Crippen LogP contribution < -0.4 is 0 Å². The van der Waals surface area contributed by atoms with Crippen LogP contribution in [0.2, 0.25) is 0 Å². The molecule has 6 heteroatoms. The van der Waals surface area contributed by atoms with Crippen molar-refractivity contribution in [1.82, 2.24) is 14.7 Å². The standard InChI is InChI=1S/C13H21FN4O/c1-16(2)7-5-12(14)13(19)18-9-8-17(3)10-11(18)4-6-15/h5,11H,4,7-10H2,1-3H3/b12-5+/t11-/m0/s1. The summed E-state index contributed by atoms with van der Waals surface area (Å²) >= 11 is 0. The van der Waals surface area contributed by atoms with Crippen molar-refractivity contribution in [2.24, 2.45) is 0 Å². The van der Waals surface area contributed by atoms with Gasteiger partial charge in [0, 0.05) is 26.2 Å². The second-order valence-electron chi connectivity index (χ2n) is 5.09. The third kappa shape index (κ3) is 4.62. The molecule has 5 nitrogen and oxygen atoms in total. The monoisotopic (exact) mass is 268 g/mol. The number of nitrogens with zero attached hydrogens (tertiary/aromatic N) is 4. The minimum Gasteiger partial charge on any atom is -0.330 e. The fourth-order valence-electron chi connectivity index (χ4n) is 2.05. The second-order valence-corrected chi connectivity index (χ2v) is 5.09. The van der Waals surface area contributed by atoms with Crippen molar-refractivity contribution in [2.75, 3.05) is 47.3 Å². The van der Waals surface area contributed by atoms with Gasteiger partial charge in [0.2, 0.25) is 0 Å². The maximum atomic E-state index is 13.8. The third-order valence-corrected chi connectivity index (χ3v) is 3.11. The molecule has 19 heavy (non-hydrogen) atoms. The van der Waals surface area contributed by atoms with E-state index in [1.807, 2.05) is 26.0 Å². The van der Waals surface area contributed by atoms with Gasteiger partial charge in [-0.3, -0.25) is 4.79 Å². The van der Waals surface area contributed by atoms with Crippen molar-refractivity contribution in [2.45, 2.75) is 12.5 Å². The lowest BCUT2D eigenvalue weighted by molar-refractivity contribution is -0.133. The average molecular weight is 268 g/mol. The molecule has 1 saturated heterocycles. The fourth-order valence-corrected chi connectivity index (χ4v) is 2.05. The van der Waals surface area contributed by atoms with E-state index in [2.05, 4.69) is 6.07 Å². The van der Waals surface area contributed by atoms with Crippen molar-refractivity contribution in [1.29, 1.82) is 5.26 Å². The van der Waals surface area contributed by atoms with Gasteiger partial charge < -0.3 is 14.7 Å². The summed E-state index contributed by atoms with van der Waals surface area (Å²) in [7, 11) is 5.55. The van der Waals surface area contributed by atoms with Crippen LogP contribution in [0.3, 0.4) is 0 Å². The van der Waals surface area contributed by atoms with E-state index in [4.69, 9.17) is 5.26 Å². The quantitative estimate of drug-likeness (QED) is 0.695. The van der Waals surface area contributed by atoms with Crippen LogP contribution in [0, 0.1) is 11.3 Å². The Morgan fingerprint density at radius 2 is 2.21 bits per heavy atom. The normalized spacial score (nSPS) is 21.6. The maximum Gasteiger partial charge on any atom is 0.282 e. The number of hydrogen-bond acceptors (Lipinski definition) is 4. The molecule has 106 valence electrons. The molecule has 0 aliphatic carbocycles. The molecule has 0 aromatic carbocycles. The van der Waals surface area contributed by atoms with Crippen LogP contribution in [0.1, 0.15) is 6.42 Å². The van der Waals surface area contributed by atoms with Crippen molar-refractivity contribution in [3.63, 3.8) is 0 Å². The molecule has 1 atom stereocenters. The average Bonchev–Trinajstić information content (AvgIpc) is 2.35. The first-order valence-corrected chi connectivity index (χ1v) is 6.32. The summed E-state index contributed by atoms with van der Waals surface area (Å²) in [5.74, 6) is -1.34. The molecule has 0 bridgehead atoms. The van der Waals surface area contributed by atoms with E-state index in [1.54, 1.807) is 4.90 Å². The number of likely N-dealkylation sites (N-methyl/N-ethyl adjacent to an activating group) is 2. The molecule has 1 aliphatic heterocycles. The van der Waals surface area contributed by atoms with Gasteiger partial charge in [-0.25, -0.2) is 4.39 Å². The second kappa shape index (κ2) is 7.22. The highest BCUT2D eigenvalue weighted by molar-refractivity contribution is 5.91. The Morgan fingerprint density at radius 3 is 2.79 bits per heavy atom. The van der Waals surface area contributed by atoms with Crippen LogP contribution in [0.15, 0.2) is 11.9 Å². The lowest BCUT2D eigenvalue weighted by Crippen LogP contribution is -2.54. The molecule has 1 amide bonds. The van der Waals surface area contributed by atoms with Crippen molar-refractivity contribution < 1.29 is 9.18 Å². The Bertz CT molecular complexity index is 389. The number of rotatable bonds is 4. The van der Waals surface area contributed by atoms with Crippen molar-refractivity contribution >= 4 is 5.91 Å². The van der Waals surface area contributed by atoms with E-state index in [-0.39, 0.29) is 12.5 Å². The minimum absolute atomic E-state index is 0.227. The first-order valence-electron chi connectivity index (χ1n) is 6.32. The zero-order valence-electron chi connectivity index (χ0n) is 11.8. The molecule has 0 aromatic rings. The van der Waals surface area contributed by atoms with Gasteiger partial charge in [-0.2, -0.15) is 5.26 Å². The van der Waals surface area contributed by atoms with Gasteiger partial charge in [0.05, 0.1) is 18.5 Å². The molecular formula is C13H21FN4O. The molecule has 1 aliphatic rings. The molecule has 1 heterocycles. The van der Waals surface area contributed by atoms with Gasteiger partial charge >= 0.3 is 0 Å². The molecule has 0 radical (unpaired) electrons. The molecule has 1 fully saturated rings. The number of carbonyl (C=O) groups excluding carboxylic acids is 1. The van der Waals surface area contributed by atoms with E-state index in [9.17, 15) is 9.18 Å². The zero-order valence-corrected chi connectivity index (χ0v) is 11.8. The number of halogens is 1. The van der Waals surface area contributed by atoms with E-state index in [1.165, 1.54) is 11.0 Å². The van der Waals surface area contributed by atoms with Gasteiger partial charge in [0.1, 0.15) is 0 Å². The maximum absolute atomic E-state index is 13.8. The van der Waals surface area contributed by atoms with Crippen LogP contribution in [-0.2, 0) is 4.79 Å². The molecule has 0 saturated carbocycles. The summed E-state index contributed by atoms with van der Waals surface area (Å²) in [6.07, 6.45) is 1.52. The van der Waals surface area contributed by atoms with E-state index in [0.717, 1.165) is 0 Å². The predicted molar refractivity (Wildman–Crippen MR) is 71.0 cm³/mol. The van der Waals surface area contributed by atoms with Gasteiger partial charge in [-0.05, 0) is 27.2 Å². The van der Waals surface area contributed by atoms with Crippen LogP contribution >= 0.6 is 0 Å². The Hall–Kier alpha value is -1.45. The smallest absolute Gasteiger partial charge is 0.282 e. The number of amides is 1. The minimum atomic E-state index is -0.735. The van der Waals surface area contributed by atoms with Gasteiger partial charge in [0.15, 0.2) is 5.83 Å². The lowest BCUT2D eigenvalue weighted by atomic mass is 10.1.